The van der Waals surface area contributed by atoms with E-state index in [1.165, 1.54) is 10.5 Å². The quantitative estimate of drug-likeness (QED) is 0.662. The molecule has 2 heterocycles. The summed E-state index contributed by atoms with van der Waals surface area (Å²) in [6, 6.07) is 0. The zero-order valence-corrected chi connectivity index (χ0v) is 8.78. The lowest BCUT2D eigenvalue weighted by Gasteiger charge is -1.98. The van der Waals surface area contributed by atoms with Crippen LogP contribution in [0.5, 0.6) is 0 Å². The Hall–Kier alpha value is -0.740. The minimum atomic E-state index is 0.941. The molecule has 2 rings (SSSR count). The molecule has 0 aliphatic carbocycles. The molecule has 13 heavy (non-hydrogen) atoms. The van der Waals surface area contributed by atoms with Gasteiger partial charge in [0, 0.05) is 22.2 Å². The van der Waals surface area contributed by atoms with Gasteiger partial charge >= 0.3 is 0 Å². The molecule has 0 radical (unpaired) electrons. The second-order valence-electron chi connectivity index (χ2n) is 2.63. The summed E-state index contributed by atoms with van der Waals surface area (Å²) >= 11 is 0. The summed E-state index contributed by atoms with van der Waals surface area (Å²) in [4.78, 5) is 10.6. The minimum absolute atomic E-state index is 0.941. The van der Waals surface area contributed by atoms with Gasteiger partial charge in [0.25, 0.3) is 0 Å². The van der Waals surface area contributed by atoms with Crippen molar-refractivity contribution in [3.8, 4) is 0 Å². The van der Waals surface area contributed by atoms with Gasteiger partial charge in [0.05, 0.1) is 11.9 Å². The monoisotopic (exact) mass is 208 g/mol. The van der Waals surface area contributed by atoms with Crippen molar-refractivity contribution in [2.75, 3.05) is 0 Å². The van der Waals surface area contributed by atoms with E-state index >= 15 is 0 Å². The van der Waals surface area contributed by atoms with Crippen LogP contribution in [-0.4, -0.2) is 9.97 Å². The van der Waals surface area contributed by atoms with Gasteiger partial charge in [-0.05, 0) is 23.3 Å². The number of aromatic nitrogens is 2. The largest absolute Gasteiger partial charge is 0.261 e. The van der Waals surface area contributed by atoms with Crippen molar-refractivity contribution in [2.24, 2.45) is 0 Å². The summed E-state index contributed by atoms with van der Waals surface area (Å²) in [5, 5.41) is 0. The number of hydrogen-bond acceptors (Lipinski definition) is 4. The van der Waals surface area contributed by atoms with Crippen LogP contribution in [-0.2, 0) is 0 Å². The van der Waals surface area contributed by atoms with Gasteiger partial charge in [-0.25, -0.2) is 0 Å². The van der Waals surface area contributed by atoms with E-state index in [0.717, 1.165) is 10.6 Å². The predicted octanol–water partition coefficient (Wildman–Crippen LogP) is 3.12. The minimum Gasteiger partial charge on any atom is -0.261 e. The Morgan fingerprint density at radius 3 is 2.69 bits per heavy atom. The molecule has 1 aliphatic rings. The summed E-state index contributed by atoms with van der Waals surface area (Å²) in [5.41, 5.74) is 2.16. The Morgan fingerprint density at radius 2 is 2.15 bits per heavy atom. The van der Waals surface area contributed by atoms with Crippen molar-refractivity contribution >= 4 is 26.5 Å². The first-order valence-corrected chi connectivity index (χ1v) is 5.95. The fourth-order valence-electron chi connectivity index (χ4n) is 0.995. The Morgan fingerprint density at radius 1 is 1.31 bits per heavy atom. The van der Waals surface area contributed by atoms with E-state index in [4.69, 9.17) is 0 Å². The van der Waals surface area contributed by atoms with E-state index < -0.39 is 0 Å². The lowest BCUT2D eigenvalue weighted by atomic mass is 10.2. The molecule has 0 saturated heterocycles. The molecule has 0 N–H and O–H groups in total. The van der Waals surface area contributed by atoms with Gasteiger partial charge in [-0.15, -0.1) is 0 Å². The van der Waals surface area contributed by atoms with Crippen LogP contribution in [0.15, 0.2) is 35.6 Å². The van der Waals surface area contributed by atoms with E-state index in [-0.39, 0.29) is 0 Å². The third-order valence-electron chi connectivity index (χ3n) is 1.78. The van der Waals surface area contributed by atoms with Gasteiger partial charge in [0.2, 0.25) is 0 Å². The highest BCUT2D eigenvalue weighted by atomic mass is 33.1. The maximum Gasteiger partial charge on any atom is 0.0960 e. The Bertz CT molecular complexity index is 370. The van der Waals surface area contributed by atoms with Gasteiger partial charge < -0.3 is 0 Å². The molecular formula is C9H8N2S2. The van der Waals surface area contributed by atoms with E-state index in [2.05, 4.69) is 23.5 Å². The van der Waals surface area contributed by atoms with Crippen molar-refractivity contribution in [1.29, 1.82) is 0 Å². The molecule has 0 fully saturated rings. The van der Waals surface area contributed by atoms with Gasteiger partial charge in [-0.2, -0.15) is 0 Å². The van der Waals surface area contributed by atoms with E-state index in [1.54, 1.807) is 40.2 Å². The van der Waals surface area contributed by atoms with Crippen molar-refractivity contribution in [3.63, 3.8) is 0 Å². The fraction of sp³-hybridized carbons (Fsp3) is 0.111. The standard InChI is InChI=1S/C9H8N2S2/c1-6-7(2)12-13-9(6)8-5-10-3-4-11-8/h3-5H,2H2,1H3. The van der Waals surface area contributed by atoms with E-state index in [0.29, 0.717) is 0 Å². The summed E-state index contributed by atoms with van der Waals surface area (Å²) in [6.45, 7) is 6.02. The SMILES string of the molecule is C=C1SSC(c2cnccn2)=C1C. The van der Waals surface area contributed by atoms with Gasteiger partial charge in [0.1, 0.15) is 0 Å². The van der Waals surface area contributed by atoms with Crippen LogP contribution in [0.2, 0.25) is 0 Å². The lowest BCUT2D eigenvalue weighted by molar-refractivity contribution is 1.17. The van der Waals surface area contributed by atoms with Gasteiger partial charge in [0.15, 0.2) is 0 Å². The molecule has 2 nitrogen and oxygen atoms in total. The highest BCUT2D eigenvalue weighted by Gasteiger charge is 2.18. The third-order valence-corrected chi connectivity index (χ3v) is 4.41. The number of hydrogen-bond donors (Lipinski definition) is 0. The molecule has 4 heteroatoms. The molecular weight excluding hydrogens is 200 g/mol. The molecule has 0 aromatic carbocycles. The summed E-state index contributed by atoms with van der Waals surface area (Å²) in [7, 11) is 3.39. The maximum absolute atomic E-state index is 4.25. The average molecular weight is 208 g/mol. The number of rotatable bonds is 1. The van der Waals surface area contributed by atoms with E-state index in [1.807, 2.05) is 0 Å². The highest BCUT2D eigenvalue weighted by Crippen LogP contribution is 2.52. The first-order valence-electron chi connectivity index (χ1n) is 3.80. The molecule has 66 valence electrons. The first-order chi connectivity index (χ1) is 6.29. The zero-order chi connectivity index (χ0) is 9.26. The molecule has 1 aromatic rings. The molecule has 1 aliphatic heterocycles. The van der Waals surface area contributed by atoms with Crippen LogP contribution < -0.4 is 0 Å². The van der Waals surface area contributed by atoms with E-state index in [9.17, 15) is 0 Å². The van der Waals surface area contributed by atoms with Crippen LogP contribution in [0.1, 0.15) is 12.6 Å². The number of nitrogens with zero attached hydrogens (tertiary/aromatic N) is 2. The second kappa shape index (κ2) is 3.55. The first kappa shape index (κ1) is 8.84. The van der Waals surface area contributed by atoms with Gasteiger partial charge in [-0.1, -0.05) is 17.4 Å². The Balaban J connectivity index is 2.43. The zero-order valence-electron chi connectivity index (χ0n) is 7.15. The average Bonchev–Trinajstić information content (AvgIpc) is 2.49. The van der Waals surface area contributed by atoms with Crippen molar-refractivity contribution in [3.05, 3.63) is 41.3 Å². The molecule has 0 bridgehead atoms. The van der Waals surface area contributed by atoms with Gasteiger partial charge in [-0.3, -0.25) is 9.97 Å². The van der Waals surface area contributed by atoms with Crippen molar-refractivity contribution < 1.29 is 0 Å². The normalized spacial score (nSPS) is 16.8. The molecule has 0 saturated carbocycles. The maximum atomic E-state index is 4.25. The summed E-state index contributed by atoms with van der Waals surface area (Å²) in [6.07, 6.45) is 5.17. The molecule has 0 atom stereocenters. The van der Waals surface area contributed by atoms with Crippen LogP contribution in [0, 0.1) is 0 Å². The van der Waals surface area contributed by atoms with Crippen LogP contribution in [0.4, 0.5) is 0 Å². The summed E-state index contributed by atoms with van der Waals surface area (Å²) in [5.74, 6) is 0. The third kappa shape index (κ3) is 1.64. The smallest absolute Gasteiger partial charge is 0.0960 e. The second-order valence-corrected chi connectivity index (χ2v) is 4.87. The van der Waals surface area contributed by atoms with Crippen molar-refractivity contribution in [1.82, 2.24) is 9.97 Å². The van der Waals surface area contributed by atoms with Crippen LogP contribution in [0.25, 0.3) is 4.91 Å². The number of allylic oxidation sites excluding steroid dienone is 1. The Kier molecular flexibility index (Phi) is 2.42. The van der Waals surface area contributed by atoms with Crippen molar-refractivity contribution in [2.45, 2.75) is 6.92 Å². The summed E-state index contributed by atoms with van der Waals surface area (Å²) < 4.78 is 0. The van der Waals surface area contributed by atoms with Crippen LogP contribution in [0.3, 0.4) is 0 Å². The molecule has 0 spiro atoms. The lowest BCUT2D eigenvalue weighted by Crippen LogP contribution is -1.86. The topological polar surface area (TPSA) is 25.8 Å². The Labute approximate surface area is 85.0 Å². The molecule has 0 unspecified atom stereocenters. The van der Waals surface area contributed by atoms with Crippen LogP contribution >= 0.6 is 21.6 Å². The predicted molar refractivity (Wildman–Crippen MR) is 58.9 cm³/mol. The molecule has 1 aromatic heterocycles. The fourth-order valence-corrected chi connectivity index (χ4v) is 3.47. The molecule has 0 amide bonds. The highest BCUT2D eigenvalue weighted by molar-refractivity contribution is 8.82.